The number of imidazole rings is 1. The summed E-state index contributed by atoms with van der Waals surface area (Å²) in [6.07, 6.45) is 1.71. The molecule has 0 amide bonds. The van der Waals surface area contributed by atoms with Gasteiger partial charge in [-0.05, 0) is 45.1 Å². The average molecular weight is 274 g/mol. The largest absolute Gasteiger partial charge is 0.444 e. The van der Waals surface area contributed by atoms with E-state index in [1.165, 1.54) is 0 Å². The molecule has 1 atom stereocenters. The van der Waals surface area contributed by atoms with Crippen LogP contribution in [0.15, 0.2) is 22.7 Å². The molecule has 1 unspecified atom stereocenters. The number of hydrogen-bond acceptors (Lipinski definition) is 4. The van der Waals surface area contributed by atoms with Crippen molar-refractivity contribution < 1.29 is 4.42 Å². The van der Waals surface area contributed by atoms with Gasteiger partial charge in [0.2, 0.25) is 5.89 Å². The summed E-state index contributed by atoms with van der Waals surface area (Å²) < 4.78 is 8.14. The fraction of sp³-hybridized carbons (Fsp3) is 0.308. The highest BCUT2D eigenvalue weighted by Crippen LogP contribution is 2.23. The summed E-state index contributed by atoms with van der Waals surface area (Å²) in [5, 5.41) is 0. The molecule has 0 radical (unpaired) electrons. The van der Waals surface area contributed by atoms with Crippen molar-refractivity contribution in [2.24, 2.45) is 0 Å². The highest BCUT2D eigenvalue weighted by Gasteiger charge is 2.18. The standard InChI is InChI=1S/C13H14N4OS/c1-7-4-5-10-11(15-7)17(13(19)16-10)9(3)12-14-6-8(2)18-12/h4-6,9H,1-3H3,(H,16,19). The Balaban J connectivity index is 2.21. The summed E-state index contributed by atoms with van der Waals surface area (Å²) in [4.78, 5) is 12.0. The van der Waals surface area contributed by atoms with Crippen LogP contribution in [0.1, 0.15) is 30.3 Å². The second-order valence-corrected chi connectivity index (χ2v) is 5.00. The minimum absolute atomic E-state index is 0.0933. The van der Waals surface area contributed by atoms with Crippen LogP contribution in [0.3, 0.4) is 0 Å². The molecule has 0 saturated heterocycles. The number of aromatic amines is 1. The predicted molar refractivity (Wildman–Crippen MR) is 74.7 cm³/mol. The van der Waals surface area contributed by atoms with E-state index in [-0.39, 0.29) is 6.04 Å². The second kappa shape index (κ2) is 4.31. The number of nitrogens with zero attached hydrogens (tertiary/aromatic N) is 3. The van der Waals surface area contributed by atoms with E-state index in [9.17, 15) is 0 Å². The van der Waals surface area contributed by atoms with E-state index < -0.39 is 0 Å². The fourth-order valence-electron chi connectivity index (χ4n) is 2.13. The lowest BCUT2D eigenvalue weighted by Crippen LogP contribution is -2.08. The lowest BCUT2D eigenvalue weighted by molar-refractivity contribution is 0.416. The molecule has 3 aromatic rings. The van der Waals surface area contributed by atoms with Gasteiger partial charge in [-0.25, -0.2) is 9.97 Å². The summed E-state index contributed by atoms with van der Waals surface area (Å²) in [6.45, 7) is 5.83. The Morgan fingerprint density at radius 2 is 2.16 bits per heavy atom. The molecule has 0 aliphatic heterocycles. The molecular weight excluding hydrogens is 260 g/mol. The molecule has 1 N–H and O–H groups in total. The lowest BCUT2D eigenvalue weighted by atomic mass is 10.3. The van der Waals surface area contributed by atoms with Gasteiger partial charge in [-0.2, -0.15) is 0 Å². The zero-order valence-corrected chi connectivity index (χ0v) is 11.8. The van der Waals surface area contributed by atoms with Crippen LogP contribution >= 0.6 is 12.2 Å². The van der Waals surface area contributed by atoms with Crippen LogP contribution in [0.25, 0.3) is 11.2 Å². The van der Waals surface area contributed by atoms with Crippen molar-refractivity contribution in [3.63, 3.8) is 0 Å². The summed E-state index contributed by atoms with van der Waals surface area (Å²) in [5.41, 5.74) is 2.70. The Bertz CT molecular complexity index is 798. The van der Waals surface area contributed by atoms with E-state index in [0.717, 1.165) is 22.6 Å². The maximum absolute atomic E-state index is 5.58. The molecule has 0 fully saturated rings. The molecule has 3 aromatic heterocycles. The number of nitrogens with one attached hydrogen (secondary N) is 1. The van der Waals surface area contributed by atoms with E-state index in [1.807, 2.05) is 37.5 Å². The third-order valence-corrected chi connectivity index (χ3v) is 3.39. The first-order chi connectivity index (χ1) is 9.06. The Hall–Kier alpha value is -1.95. The summed E-state index contributed by atoms with van der Waals surface area (Å²) >= 11 is 5.38. The van der Waals surface area contributed by atoms with Crippen LogP contribution in [0.4, 0.5) is 0 Å². The van der Waals surface area contributed by atoms with Gasteiger partial charge in [0.1, 0.15) is 11.8 Å². The van der Waals surface area contributed by atoms with Crippen LogP contribution in [0.5, 0.6) is 0 Å². The van der Waals surface area contributed by atoms with E-state index in [0.29, 0.717) is 10.7 Å². The van der Waals surface area contributed by atoms with Gasteiger partial charge in [0.15, 0.2) is 10.4 Å². The van der Waals surface area contributed by atoms with Crippen molar-refractivity contribution in [2.75, 3.05) is 0 Å². The van der Waals surface area contributed by atoms with Crippen LogP contribution in [0.2, 0.25) is 0 Å². The Labute approximate surface area is 115 Å². The maximum atomic E-state index is 5.58. The number of oxazole rings is 1. The molecule has 3 rings (SSSR count). The van der Waals surface area contributed by atoms with E-state index in [1.54, 1.807) is 6.20 Å². The van der Waals surface area contributed by atoms with Gasteiger partial charge in [0.25, 0.3) is 0 Å². The van der Waals surface area contributed by atoms with Gasteiger partial charge in [0, 0.05) is 5.69 Å². The maximum Gasteiger partial charge on any atom is 0.217 e. The third-order valence-electron chi connectivity index (χ3n) is 3.09. The molecule has 6 heteroatoms. The first-order valence-corrected chi connectivity index (χ1v) is 6.47. The number of rotatable bonds is 2. The summed E-state index contributed by atoms with van der Waals surface area (Å²) in [6, 6.07) is 3.85. The monoisotopic (exact) mass is 274 g/mol. The number of aryl methyl sites for hydroxylation is 2. The average Bonchev–Trinajstić information content (AvgIpc) is 2.91. The molecule has 0 aromatic carbocycles. The summed E-state index contributed by atoms with van der Waals surface area (Å²) in [7, 11) is 0. The number of H-pyrrole nitrogens is 1. The van der Waals surface area contributed by atoms with Gasteiger partial charge in [-0.1, -0.05) is 0 Å². The molecular formula is C13H14N4OS. The molecule has 0 saturated carbocycles. The van der Waals surface area contributed by atoms with Crippen molar-refractivity contribution in [1.82, 2.24) is 19.5 Å². The molecule has 0 spiro atoms. The van der Waals surface area contributed by atoms with Crippen molar-refractivity contribution in [3.05, 3.63) is 40.4 Å². The first-order valence-electron chi connectivity index (χ1n) is 6.06. The third kappa shape index (κ3) is 1.98. The second-order valence-electron chi connectivity index (χ2n) is 4.61. The normalized spacial score (nSPS) is 13.0. The van der Waals surface area contributed by atoms with Gasteiger partial charge >= 0.3 is 0 Å². The van der Waals surface area contributed by atoms with Crippen LogP contribution in [-0.4, -0.2) is 19.5 Å². The number of pyridine rings is 1. The van der Waals surface area contributed by atoms with Gasteiger partial charge in [0.05, 0.1) is 11.7 Å². The quantitative estimate of drug-likeness (QED) is 0.728. The zero-order valence-electron chi connectivity index (χ0n) is 11.0. The van der Waals surface area contributed by atoms with E-state index in [2.05, 4.69) is 15.0 Å². The minimum Gasteiger partial charge on any atom is -0.444 e. The Kier molecular flexibility index (Phi) is 2.74. The lowest BCUT2D eigenvalue weighted by Gasteiger charge is -2.10. The molecule has 19 heavy (non-hydrogen) atoms. The Morgan fingerprint density at radius 3 is 2.84 bits per heavy atom. The fourth-order valence-corrected chi connectivity index (χ4v) is 2.49. The van der Waals surface area contributed by atoms with E-state index >= 15 is 0 Å². The highest BCUT2D eigenvalue weighted by molar-refractivity contribution is 7.71. The molecule has 0 aliphatic carbocycles. The van der Waals surface area contributed by atoms with Crippen molar-refractivity contribution in [3.8, 4) is 0 Å². The highest BCUT2D eigenvalue weighted by atomic mass is 32.1. The predicted octanol–water partition coefficient (Wildman–Crippen LogP) is 3.31. The van der Waals surface area contributed by atoms with Crippen molar-refractivity contribution in [2.45, 2.75) is 26.8 Å². The first kappa shape index (κ1) is 12.1. The van der Waals surface area contributed by atoms with Gasteiger partial charge in [-0.3, -0.25) is 4.57 Å². The number of aromatic nitrogens is 4. The molecule has 0 aliphatic rings. The van der Waals surface area contributed by atoms with Crippen LogP contribution in [0, 0.1) is 18.6 Å². The summed E-state index contributed by atoms with van der Waals surface area (Å²) in [5.74, 6) is 1.43. The smallest absolute Gasteiger partial charge is 0.217 e. The van der Waals surface area contributed by atoms with Gasteiger partial charge in [-0.15, -0.1) is 0 Å². The number of fused-ring (bicyclic) bond motifs is 1. The molecule has 0 bridgehead atoms. The van der Waals surface area contributed by atoms with E-state index in [4.69, 9.17) is 16.6 Å². The topological polar surface area (TPSA) is 59.6 Å². The molecule has 3 heterocycles. The Morgan fingerprint density at radius 1 is 1.37 bits per heavy atom. The number of hydrogen-bond donors (Lipinski definition) is 1. The van der Waals surface area contributed by atoms with Crippen LogP contribution in [-0.2, 0) is 0 Å². The SMILES string of the molecule is Cc1ccc2[nH]c(=S)n(C(C)c3ncc(C)o3)c2n1. The zero-order chi connectivity index (χ0) is 13.6. The minimum atomic E-state index is -0.0933. The van der Waals surface area contributed by atoms with Crippen molar-refractivity contribution >= 4 is 23.4 Å². The van der Waals surface area contributed by atoms with Gasteiger partial charge < -0.3 is 9.40 Å². The molecule has 5 nitrogen and oxygen atoms in total. The molecule has 98 valence electrons. The van der Waals surface area contributed by atoms with Crippen LogP contribution < -0.4 is 0 Å². The van der Waals surface area contributed by atoms with Crippen molar-refractivity contribution in [1.29, 1.82) is 0 Å².